The molecule has 0 heterocycles. The van der Waals surface area contributed by atoms with Gasteiger partial charge in [0.1, 0.15) is 12.6 Å². The van der Waals surface area contributed by atoms with Crippen LogP contribution in [0.15, 0.2) is 83.3 Å². The van der Waals surface area contributed by atoms with E-state index in [4.69, 9.17) is 0 Å². The normalized spacial score (nSPS) is 12.0. The fraction of sp³-hybridized carbons (Fsp3) is 0.310. The summed E-state index contributed by atoms with van der Waals surface area (Å²) in [4.78, 5) is 29.1. The maximum absolute atomic E-state index is 14.0. The highest BCUT2D eigenvalue weighted by molar-refractivity contribution is 14.1. The number of benzene rings is 3. The quantitative estimate of drug-likeness (QED) is 0.190. The third-order valence-corrected chi connectivity index (χ3v) is 8.55. The van der Waals surface area contributed by atoms with Crippen LogP contribution in [0.4, 0.5) is 5.69 Å². The summed E-state index contributed by atoms with van der Waals surface area (Å²) < 4.78 is 28.5. The molecule has 0 radical (unpaired) electrons. The monoisotopic (exact) mass is 725 g/mol. The second kappa shape index (κ2) is 14.8. The van der Waals surface area contributed by atoms with Crippen molar-refractivity contribution in [1.82, 2.24) is 10.2 Å². The molecule has 0 fully saturated rings. The van der Waals surface area contributed by atoms with Crippen molar-refractivity contribution in [2.24, 2.45) is 0 Å². The Bertz CT molecular complexity index is 1340. The van der Waals surface area contributed by atoms with Crippen LogP contribution in [0.3, 0.4) is 0 Å². The summed E-state index contributed by atoms with van der Waals surface area (Å²) in [5.41, 5.74) is 2.12. The number of carbonyl (C=O) groups is 2. The SMILES string of the molecule is CCCCNC(=O)[C@@H](Cc1ccccc1)N(Cc1ccc(Br)cc1)C(=O)CN(c1ccc(I)cc1)S(C)(=O)=O. The number of hydrogen-bond acceptors (Lipinski definition) is 4. The van der Waals surface area contributed by atoms with Gasteiger partial charge in [-0.05, 0) is 76.5 Å². The van der Waals surface area contributed by atoms with E-state index < -0.39 is 28.5 Å². The largest absolute Gasteiger partial charge is 0.354 e. The zero-order chi connectivity index (χ0) is 28.4. The first-order valence-electron chi connectivity index (χ1n) is 12.7. The second-order valence-electron chi connectivity index (χ2n) is 9.24. The minimum atomic E-state index is -3.78. The number of halogens is 2. The minimum absolute atomic E-state index is 0.148. The topological polar surface area (TPSA) is 86.8 Å². The van der Waals surface area contributed by atoms with E-state index in [0.29, 0.717) is 18.7 Å². The molecule has 0 spiro atoms. The van der Waals surface area contributed by atoms with E-state index in [1.807, 2.05) is 61.5 Å². The highest BCUT2D eigenvalue weighted by atomic mass is 127. The highest BCUT2D eigenvalue weighted by Gasteiger charge is 2.32. The van der Waals surface area contributed by atoms with E-state index >= 15 is 0 Å². The summed E-state index contributed by atoms with van der Waals surface area (Å²) in [5, 5.41) is 2.98. The lowest BCUT2D eigenvalue weighted by Crippen LogP contribution is -2.53. The van der Waals surface area contributed by atoms with Gasteiger partial charge < -0.3 is 10.2 Å². The molecule has 3 aromatic carbocycles. The van der Waals surface area contributed by atoms with Crippen molar-refractivity contribution in [3.05, 3.63) is 98.0 Å². The summed E-state index contributed by atoms with van der Waals surface area (Å²) in [6.07, 6.45) is 3.11. The molecule has 0 aliphatic carbocycles. The number of unbranched alkanes of at least 4 members (excludes halogenated alkanes) is 1. The molecule has 0 unspecified atom stereocenters. The number of sulfonamides is 1. The van der Waals surface area contributed by atoms with E-state index in [-0.39, 0.29) is 12.5 Å². The lowest BCUT2D eigenvalue weighted by molar-refractivity contribution is -0.140. The van der Waals surface area contributed by atoms with Gasteiger partial charge in [0.15, 0.2) is 0 Å². The average molecular weight is 726 g/mol. The van der Waals surface area contributed by atoms with E-state index in [9.17, 15) is 18.0 Å². The Balaban J connectivity index is 2.01. The number of carbonyl (C=O) groups excluding carboxylic acids is 2. The maximum Gasteiger partial charge on any atom is 0.244 e. The van der Waals surface area contributed by atoms with Crippen molar-refractivity contribution in [2.45, 2.75) is 38.8 Å². The number of rotatable bonds is 13. The van der Waals surface area contributed by atoms with Crippen molar-refractivity contribution in [1.29, 1.82) is 0 Å². The van der Waals surface area contributed by atoms with Gasteiger partial charge in [-0.25, -0.2) is 8.42 Å². The number of nitrogens with one attached hydrogen (secondary N) is 1. The van der Waals surface area contributed by atoms with Crippen molar-refractivity contribution < 1.29 is 18.0 Å². The lowest BCUT2D eigenvalue weighted by atomic mass is 10.0. The van der Waals surface area contributed by atoms with Crippen molar-refractivity contribution in [2.75, 3.05) is 23.7 Å². The molecule has 0 saturated heterocycles. The van der Waals surface area contributed by atoms with Gasteiger partial charge in [-0.2, -0.15) is 0 Å². The van der Waals surface area contributed by atoms with E-state index in [1.165, 1.54) is 4.90 Å². The molecular formula is C29H33BrIN3O4S. The predicted octanol–water partition coefficient (Wildman–Crippen LogP) is 5.38. The van der Waals surface area contributed by atoms with Crippen LogP contribution < -0.4 is 9.62 Å². The van der Waals surface area contributed by atoms with Crippen LogP contribution in [-0.2, 0) is 32.6 Å². The summed E-state index contributed by atoms with van der Waals surface area (Å²) in [7, 11) is -3.78. The summed E-state index contributed by atoms with van der Waals surface area (Å²) in [6.45, 7) is 2.26. The molecule has 1 atom stereocenters. The maximum atomic E-state index is 14.0. The standard InChI is InChI=1S/C29H33BrIN3O4S/c1-3-4-18-32-29(36)27(19-22-8-6-5-7-9-22)33(20-23-10-12-24(30)13-11-23)28(35)21-34(39(2,37)38)26-16-14-25(31)15-17-26/h5-17,27H,3-4,18-21H2,1-2H3,(H,32,36)/t27-/m1/s1. The van der Waals surface area contributed by atoms with Crippen LogP contribution in [0.5, 0.6) is 0 Å². The van der Waals surface area contributed by atoms with Gasteiger partial charge in [0.2, 0.25) is 21.8 Å². The van der Waals surface area contributed by atoms with E-state index in [1.54, 1.807) is 24.3 Å². The smallest absolute Gasteiger partial charge is 0.244 e. The molecule has 39 heavy (non-hydrogen) atoms. The first kappa shape index (κ1) is 31.1. The molecule has 3 rings (SSSR count). The Morgan fingerprint density at radius 3 is 2.18 bits per heavy atom. The summed E-state index contributed by atoms with van der Waals surface area (Å²) in [5.74, 6) is -0.730. The van der Waals surface area contributed by atoms with Gasteiger partial charge >= 0.3 is 0 Å². The molecule has 208 valence electrons. The van der Waals surface area contributed by atoms with Crippen LogP contribution in [-0.4, -0.2) is 50.5 Å². The molecule has 7 nitrogen and oxygen atoms in total. The van der Waals surface area contributed by atoms with Gasteiger partial charge in [0.25, 0.3) is 0 Å². The third kappa shape index (κ3) is 9.61. The first-order chi connectivity index (χ1) is 18.6. The van der Waals surface area contributed by atoms with Crippen LogP contribution >= 0.6 is 38.5 Å². The number of hydrogen-bond donors (Lipinski definition) is 1. The zero-order valence-corrected chi connectivity index (χ0v) is 26.6. The molecule has 0 saturated carbocycles. The fourth-order valence-electron chi connectivity index (χ4n) is 4.07. The Labute approximate surface area is 253 Å². The molecule has 3 aromatic rings. The molecular weight excluding hydrogens is 693 g/mol. The van der Waals surface area contributed by atoms with Crippen molar-refractivity contribution in [3.63, 3.8) is 0 Å². The molecule has 2 amide bonds. The highest BCUT2D eigenvalue weighted by Crippen LogP contribution is 2.22. The Morgan fingerprint density at radius 1 is 0.949 bits per heavy atom. The van der Waals surface area contributed by atoms with Crippen molar-refractivity contribution in [3.8, 4) is 0 Å². The van der Waals surface area contributed by atoms with Crippen LogP contribution in [0.2, 0.25) is 0 Å². The van der Waals surface area contributed by atoms with Crippen molar-refractivity contribution >= 4 is 66.0 Å². The van der Waals surface area contributed by atoms with Gasteiger partial charge in [-0.15, -0.1) is 0 Å². The predicted molar refractivity (Wildman–Crippen MR) is 168 cm³/mol. The van der Waals surface area contributed by atoms with Gasteiger partial charge in [0, 0.05) is 27.6 Å². The van der Waals surface area contributed by atoms with Gasteiger partial charge in [-0.1, -0.05) is 71.7 Å². The molecule has 0 aliphatic heterocycles. The molecule has 0 bridgehead atoms. The minimum Gasteiger partial charge on any atom is -0.354 e. The number of anilines is 1. The Morgan fingerprint density at radius 2 is 1.59 bits per heavy atom. The Kier molecular flexibility index (Phi) is 11.8. The van der Waals surface area contributed by atoms with Crippen LogP contribution in [0.1, 0.15) is 30.9 Å². The summed E-state index contributed by atoms with van der Waals surface area (Å²) in [6, 6.07) is 23.1. The van der Waals surface area contributed by atoms with Gasteiger partial charge in [-0.3, -0.25) is 13.9 Å². The lowest BCUT2D eigenvalue weighted by Gasteiger charge is -2.33. The second-order valence-corrected chi connectivity index (χ2v) is 13.3. The number of nitrogens with zero attached hydrogens (tertiary/aromatic N) is 2. The molecule has 1 N–H and O–H groups in total. The molecule has 0 aromatic heterocycles. The average Bonchev–Trinajstić information content (AvgIpc) is 2.91. The number of amides is 2. The Hall–Kier alpha value is -2.44. The zero-order valence-electron chi connectivity index (χ0n) is 22.0. The third-order valence-electron chi connectivity index (χ3n) is 6.16. The van der Waals surface area contributed by atoms with Crippen LogP contribution in [0, 0.1) is 3.57 Å². The van der Waals surface area contributed by atoms with Crippen LogP contribution in [0.25, 0.3) is 0 Å². The molecule has 10 heteroatoms. The fourth-order valence-corrected chi connectivity index (χ4v) is 5.54. The van der Waals surface area contributed by atoms with E-state index in [2.05, 4.69) is 43.8 Å². The summed E-state index contributed by atoms with van der Waals surface area (Å²) >= 11 is 5.58. The van der Waals surface area contributed by atoms with E-state index in [0.717, 1.165) is 42.6 Å². The first-order valence-corrected chi connectivity index (χ1v) is 16.4. The molecule has 0 aliphatic rings. The van der Waals surface area contributed by atoms with Gasteiger partial charge in [0.05, 0.1) is 11.9 Å².